The van der Waals surface area contributed by atoms with E-state index in [9.17, 15) is 9.59 Å². The minimum absolute atomic E-state index is 0.0993. The average Bonchev–Trinajstić information content (AvgIpc) is 2.69. The molecule has 114 valence electrons. The van der Waals surface area contributed by atoms with Crippen molar-refractivity contribution >= 4 is 11.8 Å². The Hall–Kier alpha value is -2.04. The zero-order valence-electron chi connectivity index (χ0n) is 12.6. The fraction of sp³-hybridized carbons (Fsp3) is 0.500. The van der Waals surface area contributed by atoms with Gasteiger partial charge in [-0.15, -0.1) is 0 Å². The Balaban J connectivity index is 2.00. The summed E-state index contributed by atoms with van der Waals surface area (Å²) in [5, 5.41) is 2.76. The first-order chi connectivity index (χ1) is 10.1. The zero-order chi connectivity index (χ0) is 15.2. The SMILES string of the molecule is CC(C)COc1ccc(C(=O)N2CCCNC(=O)C2)cc1. The van der Waals surface area contributed by atoms with E-state index in [4.69, 9.17) is 4.74 Å². The van der Waals surface area contributed by atoms with Crippen LogP contribution in [-0.2, 0) is 4.79 Å². The lowest BCUT2D eigenvalue weighted by atomic mass is 10.2. The average molecular weight is 290 g/mol. The monoisotopic (exact) mass is 290 g/mol. The number of amides is 2. The smallest absolute Gasteiger partial charge is 0.254 e. The molecule has 1 aromatic carbocycles. The van der Waals surface area contributed by atoms with Crippen LogP contribution in [0.5, 0.6) is 5.75 Å². The van der Waals surface area contributed by atoms with E-state index in [0.29, 0.717) is 31.2 Å². The number of hydrogen-bond donors (Lipinski definition) is 1. The molecule has 1 fully saturated rings. The molecule has 5 heteroatoms. The molecule has 1 heterocycles. The second kappa shape index (κ2) is 7.11. The molecular formula is C16H22N2O3. The van der Waals surface area contributed by atoms with Crippen molar-refractivity contribution in [1.29, 1.82) is 0 Å². The molecular weight excluding hydrogens is 268 g/mol. The summed E-state index contributed by atoms with van der Waals surface area (Å²) in [6.45, 7) is 6.18. The predicted octanol–water partition coefficient (Wildman–Crippen LogP) is 1.68. The van der Waals surface area contributed by atoms with Crippen molar-refractivity contribution in [2.45, 2.75) is 20.3 Å². The first-order valence-corrected chi connectivity index (χ1v) is 7.35. The van der Waals surface area contributed by atoms with Gasteiger partial charge in [-0.1, -0.05) is 13.8 Å². The number of nitrogens with one attached hydrogen (secondary N) is 1. The van der Waals surface area contributed by atoms with E-state index in [-0.39, 0.29) is 18.4 Å². The van der Waals surface area contributed by atoms with Crippen LogP contribution in [0.1, 0.15) is 30.6 Å². The fourth-order valence-corrected chi connectivity index (χ4v) is 2.12. The van der Waals surface area contributed by atoms with Gasteiger partial charge in [0.1, 0.15) is 5.75 Å². The first kappa shape index (κ1) is 15.4. The Labute approximate surface area is 125 Å². The minimum Gasteiger partial charge on any atom is -0.493 e. The van der Waals surface area contributed by atoms with Gasteiger partial charge in [0.2, 0.25) is 5.91 Å². The summed E-state index contributed by atoms with van der Waals surface area (Å²) in [4.78, 5) is 25.5. The maximum atomic E-state index is 12.4. The molecule has 0 radical (unpaired) electrons. The topological polar surface area (TPSA) is 58.6 Å². The normalized spacial score (nSPS) is 15.6. The maximum absolute atomic E-state index is 12.4. The molecule has 0 bridgehead atoms. The van der Waals surface area contributed by atoms with Crippen LogP contribution in [0.15, 0.2) is 24.3 Å². The van der Waals surface area contributed by atoms with Crippen molar-refractivity contribution in [2.75, 3.05) is 26.2 Å². The number of carbonyl (C=O) groups excluding carboxylic acids is 2. The third-order valence-electron chi connectivity index (χ3n) is 3.23. The molecule has 1 N–H and O–H groups in total. The minimum atomic E-state index is -0.109. The number of ether oxygens (including phenoxy) is 1. The fourth-order valence-electron chi connectivity index (χ4n) is 2.12. The predicted molar refractivity (Wildman–Crippen MR) is 80.3 cm³/mol. The summed E-state index contributed by atoms with van der Waals surface area (Å²) in [7, 11) is 0. The quantitative estimate of drug-likeness (QED) is 0.918. The Morgan fingerprint density at radius 2 is 2.05 bits per heavy atom. The second-order valence-corrected chi connectivity index (χ2v) is 5.66. The summed E-state index contributed by atoms with van der Waals surface area (Å²) in [5.74, 6) is 1.01. The van der Waals surface area contributed by atoms with Gasteiger partial charge in [-0.25, -0.2) is 0 Å². The molecule has 21 heavy (non-hydrogen) atoms. The highest BCUT2D eigenvalue weighted by Gasteiger charge is 2.20. The number of rotatable bonds is 4. The third-order valence-corrected chi connectivity index (χ3v) is 3.23. The Morgan fingerprint density at radius 1 is 1.33 bits per heavy atom. The van der Waals surface area contributed by atoms with Gasteiger partial charge in [0, 0.05) is 18.7 Å². The summed E-state index contributed by atoms with van der Waals surface area (Å²) < 4.78 is 5.60. The van der Waals surface area contributed by atoms with Gasteiger partial charge in [-0.3, -0.25) is 9.59 Å². The number of benzene rings is 1. The van der Waals surface area contributed by atoms with Crippen molar-refractivity contribution in [3.05, 3.63) is 29.8 Å². The highest BCUT2D eigenvalue weighted by Crippen LogP contribution is 2.15. The largest absolute Gasteiger partial charge is 0.493 e. The molecule has 2 amide bonds. The maximum Gasteiger partial charge on any atom is 0.254 e. The second-order valence-electron chi connectivity index (χ2n) is 5.66. The first-order valence-electron chi connectivity index (χ1n) is 7.35. The lowest BCUT2D eigenvalue weighted by molar-refractivity contribution is -0.121. The summed E-state index contributed by atoms with van der Waals surface area (Å²) >= 11 is 0. The zero-order valence-corrected chi connectivity index (χ0v) is 12.6. The lowest BCUT2D eigenvalue weighted by Gasteiger charge is -2.19. The molecule has 0 aromatic heterocycles. The van der Waals surface area contributed by atoms with E-state index in [2.05, 4.69) is 19.2 Å². The van der Waals surface area contributed by atoms with Crippen LogP contribution in [0.4, 0.5) is 0 Å². The third kappa shape index (κ3) is 4.48. The van der Waals surface area contributed by atoms with Crippen LogP contribution in [0.2, 0.25) is 0 Å². The molecule has 0 atom stereocenters. The molecule has 1 saturated heterocycles. The molecule has 2 rings (SSSR count). The van der Waals surface area contributed by atoms with E-state index in [0.717, 1.165) is 12.2 Å². The highest BCUT2D eigenvalue weighted by molar-refractivity contribution is 5.96. The molecule has 0 aliphatic carbocycles. The summed E-state index contributed by atoms with van der Waals surface area (Å²) in [6.07, 6.45) is 0.785. The highest BCUT2D eigenvalue weighted by atomic mass is 16.5. The molecule has 1 aliphatic heterocycles. The van der Waals surface area contributed by atoms with Crippen molar-refractivity contribution in [3.8, 4) is 5.75 Å². The van der Waals surface area contributed by atoms with Crippen molar-refractivity contribution < 1.29 is 14.3 Å². The van der Waals surface area contributed by atoms with Gasteiger partial charge in [-0.05, 0) is 36.6 Å². The molecule has 1 aliphatic rings. The Bertz CT molecular complexity index is 497. The van der Waals surface area contributed by atoms with Gasteiger partial charge in [0.15, 0.2) is 0 Å². The molecule has 0 saturated carbocycles. The lowest BCUT2D eigenvalue weighted by Crippen LogP contribution is -2.37. The van der Waals surface area contributed by atoms with Crippen LogP contribution in [0.25, 0.3) is 0 Å². The molecule has 5 nitrogen and oxygen atoms in total. The Morgan fingerprint density at radius 3 is 2.71 bits per heavy atom. The van der Waals surface area contributed by atoms with Crippen LogP contribution in [0, 0.1) is 5.92 Å². The standard InChI is InChI=1S/C16H22N2O3/c1-12(2)11-21-14-6-4-13(5-7-14)16(20)18-9-3-8-17-15(19)10-18/h4-7,12H,3,8-11H2,1-2H3,(H,17,19). The van der Waals surface area contributed by atoms with Gasteiger partial charge < -0.3 is 15.0 Å². The van der Waals surface area contributed by atoms with E-state index < -0.39 is 0 Å². The van der Waals surface area contributed by atoms with E-state index in [1.807, 2.05) is 0 Å². The Kier molecular flexibility index (Phi) is 5.20. The van der Waals surface area contributed by atoms with Crippen LogP contribution < -0.4 is 10.1 Å². The van der Waals surface area contributed by atoms with Crippen LogP contribution in [-0.4, -0.2) is 43.0 Å². The van der Waals surface area contributed by atoms with Gasteiger partial charge in [0.05, 0.1) is 13.2 Å². The summed E-state index contributed by atoms with van der Waals surface area (Å²) in [5.41, 5.74) is 0.585. The number of carbonyl (C=O) groups is 2. The van der Waals surface area contributed by atoms with E-state index in [1.54, 1.807) is 29.2 Å². The van der Waals surface area contributed by atoms with Gasteiger partial charge >= 0.3 is 0 Å². The number of nitrogens with zero attached hydrogens (tertiary/aromatic N) is 1. The van der Waals surface area contributed by atoms with E-state index in [1.165, 1.54) is 0 Å². The van der Waals surface area contributed by atoms with Crippen LogP contribution >= 0.6 is 0 Å². The molecule has 0 unspecified atom stereocenters. The van der Waals surface area contributed by atoms with Crippen molar-refractivity contribution in [3.63, 3.8) is 0 Å². The summed E-state index contributed by atoms with van der Waals surface area (Å²) in [6, 6.07) is 7.10. The van der Waals surface area contributed by atoms with E-state index >= 15 is 0 Å². The van der Waals surface area contributed by atoms with Crippen molar-refractivity contribution in [2.24, 2.45) is 5.92 Å². The molecule has 1 aromatic rings. The van der Waals surface area contributed by atoms with Gasteiger partial charge in [-0.2, -0.15) is 0 Å². The number of hydrogen-bond acceptors (Lipinski definition) is 3. The van der Waals surface area contributed by atoms with Crippen molar-refractivity contribution in [1.82, 2.24) is 10.2 Å². The van der Waals surface area contributed by atoms with Crippen LogP contribution in [0.3, 0.4) is 0 Å². The van der Waals surface area contributed by atoms with Gasteiger partial charge in [0.25, 0.3) is 5.91 Å². The molecule has 0 spiro atoms.